The van der Waals surface area contributed by atoms with Crippen LogP contribution < -0.4 is 14.8 Å². The average Bonchev–Trinajstić information content (AvgIpc) is 3.17. The SMILES string of the molecule is CCOc1ccc(-c2csc(NC(=O)COc3cc(C)c(Cl)c(C)c3Br)n2)cc1. The van der Waals surface area contributed by atoms with Crippen molar-refractivity contribution in [1.82, 2.24) is 4.98 Å². The van der Waals surface area contributed by atoms with Crippen molar-refractivity contribution >= 4 is 49.9 Å². The van der Waals surface area contributed by atoms with Crippen molar-refractivity contribution in [3.05, 3.63) is 56.3 Å². The number of halogens is 2. The Morgan fingerprint density at radius 3 is 2.66 bits per heavy atom. The number of rotatable bonds is 7. The molecule has 0 saturated heterocycles. The van der Waals surface area contributed by atoms with E-state index in [4.69, 9.17) is 21.1 Å². The number of anilines is 1. The van der Waals surface area contributed by atoms with Gasteiger partial charge in [-0.2, -0.15) is 0 Å². The number of carbonyl (C=O) groups is 1. The van der Waals surface area contributed by atoms with Gasteiger partial charge in [-0.25, -0.2) is 4.98 Å². The molecular formula is C21H20BrClN2O3S. The molecule has 3 rings (SSSR count). The normalized spacial score (nSPS) is 10.7. The van der Waals surface area contributed by atoms with Crippen LogP contribution in [0.3, 0.4) is 0 Å². The van der Waals surface area contributed by atoms with Crippen LogP contribution in [0.2, 0.25) is 5.02 Å². The van der Waals surface area contributed by atoms with E-state index in [2.05, 4.69) is 26.2 Å². The Morgan fingerprint density at radius 2 is 1.97 bits per heavy atom. The molecule has 1 heterocycles. The molecule has 0 fully saturated rings. The Morgan fingerprint density at radius 1 is 1.24 bits per heavy atom. The van der Waals surface area contributed by atoms with E-state index >= 15 is 0 Å². The molecule has 0 saturated carbocycles. The first-order valence-electron chi connectivity index (χ1n) is 8.95. The van der Waals surface area contributed by atoms with Crippen LogP contribution in [0.25, 0.3) is 11.3 Å². The lowest BCUT2D eigenvalue weighted by molar-refractivity contribution is -0.118. The van der Waals surface area contributed by atoms with Gasteiger partial charge < -0.3 is 9.47 Å². The molecule has 2 aromatic carbocycles. The van der Waals surface area contributed by atoms with Crippen LogP contribution in [-0.2, 0) is 4.79 Å². The number of nitrogens with zero attached hydrogens (tertiary/aromatic N) is 1. The Bertz CT molecular complexity index is 1020. The van der Waals surface area contributed by atoms with Crippen LogP contribution in [0.1, 0.15) is 18.1 Å². The van der Waals surface area contributed by atoms with E-state index in [0.29, 0.717) is 22.5 Å². The summed E-state index contributed by atoms with van der Waals surface area (Å²) < 4.78 is 11.9. The van der Waals surface area contributed by atoms with Crippen molar-refractivity contribution in [3.63, 3.8) is 0 Å². The third-order valence-electron chi connectivity index (χ3n) is 4.14. The highest BCUT2D eigenvalue weighted by Gasteiger charge is 2.13. The summed E-state index contributed by atoms with van der Waals surface area (Å²) in [6.45, 7) is 6.23. The van der Waals surface area contributed by atoms with Gasteiger partial charge in [-0.1, -0.05) is 11.6 Å². The zero-order valence-corrected chi connectivity index (χ0v) is 19.4. The minimum absolute atomic E-state index is 0.128. The van der Waals surface area contributed by atoms with Crippen molar-refractivity contribution in [2.75, 3.05) is 18.5 Å². The summed E-state index contributed by atoms with van der Waals surface area (Å²) in [6.07, 6.45) is 0. The van der Waals surface area contributed by atoms with E-state index in [-0.39, 0.29) is 12.5 Å². The number of hydrogen-bond acceptors (Lipinski definition) is 5. The van der Waals surface area contributed by atoms with Crippen molar-refractivity contribution < 1.29 is 14.3 Å². The summed E-state index contributed by atoms with van der Waals surface area (Å²) in [5.41, 5.74) is 3.52. The lowest BCUT2D eigenvalue weighted by atomic mass is 10.1. The third-order valence-corrected chi connectivity index (χ3v) is 6.46. The van der Waals surface area contributed by atoms with Gasteiger partial charge in [-0.3, -0.25) is 10.1 Å². The van der Waals surface area contributed by atoms with E-state index in [9.17, 15) is 4.79 Å². The van der Waals surface area contributed by atoms with Gasteiger partial charge >= 0.3 is 0 Å². The molecule has 1 aromatic heterocycles. The minimum atomic E-state index is -0.283. The van der Waals surface area contributed by atoms with Gasteiger partial charge in [0.25, 0.3) is 5.91 Å². The molecule has 0 aliphatic heterocycles. The lowest BCUT2D eigenvalue weighted by Gasteiger charge is -2.12. The number of carbonyl (C=O) groups excluding carboxylic acids is 1. The van der Waals surface area contributed by atoms with Crippen molar-refractivity contribution in [2.24, 2.45) is 0 Å². The predicted molar refractivity (Wildman–Crippen MR) is 121 cm³/mol. The second-order valence-corrected chi connectivity index (χ2v) is 8.31. The van der Waals surface area contributed by atoms with E-state index < -0.39 is 0 Å². The number of aromatic nitrogens is 1. The van der Waals surface area contributed by atoms with Gasteiger partial charge in [0.1, 0.15) is 11.5 Å². The van der Waals surface area contributed by atoms with Crippen LogP contribution in [0.5, 0.6) is 11.5 Å². The summed E-state index contributed by atoms with van der Waals surface area (Å²) in [7, 11) is 0. The highest BCUT2D eigenvalue weighted by molar-refractivity contribution is 9.10. The average molecular weight is 496 g/mol. The van der Waals surface area contributed by atoms with Crippen molar-refractivity contribution in [2.45, 2.75) is 20.8 Å². The van der Waals surface area contributed by atoms with E-state index in [1.807, 2.05) is 50.4 Å². The zero-order valence-electron chi connectivity index (χ0n) is 16.2. The number of nitrogens with one attached hydrogen (secondary N) is 1. The minimum Gasteiger partial charge on any atom is -0.494 e. The van der Waals surface area contributed by atoms with E-state index in [1.54, 1.807) is 6.07 Å². The number of hydrogen-bond donors (Lipinski definition) is 1. The second kappa shape index (κ2) is 9.61. The molecule has 1 N–H and O–H groups in total. The maximum atomic E-state index is 12.3. The summed E-state index contributed by atoms with van der Waals surface area (Å²) >= 11 is 11.1. The highest BCUT2D eigenvalue weighted by Crippen LogP contribution is 2.35. The highest BCUT2D eigenvalue weighted by atomic mass is 79.9. The smallest absolute Gasteiger partial charge is 0.264 e. The summed E-state index contributed by atoms with van der Waals surface area (Å²) in [4.78, 5) is 16.7. The first kappa shape index (κ1) is 21.6. The second-order valence-electron chi connectivity index (χ2n) is 6.28. The predicted octanol–water partition coefficient (Wildman–Crippen LogP) is 6.26. The van der Waals surface area contributed by atoms with Crippen LogP contribution in [0.4, 0.5) is 5.13 Å². The summed E-state index contributed by atoms with van der Waals surface area (Å²) in [6, 6.07) is 9.49. The molecule has 0 atom stereocenters. The summed E-state index contributed by atoms with van der Waals surface area (Å²) in [5.74, 6) is 1.11. The van der Waals surface area contributed by atoms with Crippen molar-refractivity contribution in [3.8, 4) is 22.8 Å². The molecule has 152 valence electrons. The van der Waals surface area contributed by atoms with Gasteiger partial charge in [-0.15, -0.1) is 11.3 Å². The van der Waals surface area contributed by atoms with E-state index in [0.717, 1.165) is 32.6 Å². The zero-order chi connectivity index (χ0) is 21.0. The molecular weight excluding hydrogens is 476 g/mol. The molecule has 0 bridgehead atoms. The number of ether oxygens (including phenoxy) is 2. The quantitative estimate of drug-likeness (QED) is 0.420. The molecule has 0 radical (unpaired) electrons. The molecule has 0 aliphatic carbocycles. The fraction of sp³-hybridized carbons (Fsp3) is 0.238. The number of aryl methyl sites for hydroxylation is 1. The van der Waals surface area contributed by atoms with Crippen molar-refractivity contribution in [1.29, 1.82) is 0 Å². The Balaban J connectivity index is 1.61. The monoisotopic (exact) mass is 494 g/mol. The van der Waals surface area contributed by atoms with Gasteiger partial charge in [0.15, 0.2) is 11.7 Å². The van der Waals surface area contributed by atoms with Crippen LogP contribution in [-0.4, -0.2) is 24.1 Å². The Kier molecular flexibility index (Phi) is 7.16. The maximum Gasteiger partial charge on any atom is 0.264 e. The first-order valence-corrected chi connectivity index (χ1v) is 11.0. The van der Waals surface area contributed by atoms with Crippen LogP contribution >= 0.6 is 38.9 Å². The fourth-order valence-electron chi connectivity index (χ4n) is 2.66. The third kappa shape index (κ3) is 5.29. The Hall–Kier alpha value is -2.09. The molecule has 0 unspecified atom stereocenters. The van der Waals surface area contributed by atoms with Gasteiger partial charge in [0.05, 0.1) is 16.8 Å². The van der Waals surface area contributed by atoms with E-state index in [1.165, 1.54) is 11.3 Å². The molecule has 0 aliphatic rings. The van der Waals surface area contributed by atoms with Gasteiger partial charge in [-0.05, 0) is 78.2 Å². The van der Waals surface area contributed by atoms with Crippen LogP contribution in [0.15, 0.2) is 40.2 Å². The first-order chi connectivity index (χ1) is 13.9. The molecule has 3 aromatic rings. The number of amides is 1. The van der Waals surface area contributed by atoms with Crippen LogP contribution in [0, 0.1) is 13.8 Å². The summed E-state index contributed by atoms with van der Waals surface area (Å²) in [5, 5.41) is 5.87. The topological polar surface area (TPSA) is 60.5 Å². The molecule has 0 spiro atoms. The largest absolute Gasteiger partial charge is 0.494 e. The van der Waals surface area contributed by atoms with Gasteiger partial charge in [0, 0.05) is 16.0 Å². The molecule has 8 heteroatoms. The Labute approximate surface area is 187 Å². The molecule has 1 amide bonds. The molecule has 29 heavy (non-hydrogen) atoms. The lowest BCUT2D eigenvalue weighted by Crippen LogP contribution is -2.20. The number of thiazole rings is 1. The van der Waals surface area contributed by atoms with Gasteiger partial charge in [0.2, 0.25) is 0 Å². The standard InChI is InChI=1S/C21H20BrClN2O3S/c1-4-27-15-7-5-14(6-8-15)16-11-29-21(24-16)25-18(26)10-28-17-9-12(2)20(23)13(3)19(17)22/h5-9,11H,4,10H2,1-3H3,(H,24,25,26). The maximum absolute atomic E-state index is 12.3. The molecule has 5 nitrogen and oxygen atoms in total. The fourth-order valence-corrected chi connectivity index (χ4v) is 4.08. The number of benzene rings is 2.